The van der Waals surface area contributed by atoms with Crippen LogP contribution in [0.1, 0.15) is 0 Å². The van der Waals surface area contributed by atoms with E-state index in [1.165, 1.54) is 22.3 Å². The SMILES string of the molecule is c1ccc(-c2ccccc2-c2ccccc2-c2ccccc2N(c2ccc(-c3cccc4oc5ccccc5c34)cc2)c2ccc(-c3cccc4oc5ccccc5c34)cc2)cc1. The van der Waals surface area contributed by atoms with Gasteiger partial charge >= 0.3 is 0 Å². The molecule has 0 aliphatic heterocycles. The van der Waals surface area contributed by atoms with Crippen LogP contribution in [-0.4, -0.2) is 0 Å². The van der Waals surface area contributed by atoms with Crippen molar-refractivity contribution in [1.29, 1.82) is 0 Å². The normalized spacial score (nSPS) is 11.5. The Morgan fingerprint density at radius 1 is 0.238 bits per heavy atom. The first kappa shape index (κ1) is 36.5. The maximum absolute atomic E-state index is 6.29. The molecule has 0 saturated heterocycles. The van der Waals surface area contributed by atoms with Gasteiger partial charge in [0.25, 0.3) is 0 Å². The lowest BCUT2D eigenvalue weighted by Crippen LogP contribution is -2.11. The first-order chi connectivity index (χ1) is 31.3. The van der Waals surface area contributed by atoms with Crippen LogP contribution in [-0.2, 0) is 0 Å². The first-order valence-corrected chi connectivity index (χ1v) is 21.4. The fourth-order valence-corrected chi connectivity index (χ4v) is 9.47. The van der Waals surface area contributed by atoms with Crippen molar-refractivity contribution in [3.63, 3.8) is 0 Å². The zero-order valence-electron chi connectivity index (χ0n) is 34.3. The summed E-state index contributed by atoms with van der Waals surface area (Å²) in [7, 11) is 0. The molecule has 0 aliphatic carbocycles. The minimum absolute atomic E-state index is 0.889. The Morgan fingerprint density at radius 3 is 1.14 bits per heavy atom. The summed E-state index contributed by atoms with van der Waals surface area (Å²) in [6.07, 6.45) is 0. The van der Waals surface area contributed by atoms with Gasteiger partial charge in [0.05, 0.1) is 5.69 Å². The van der Waals surface area contributed by atoms with Crippen LogP contribution in [0.5, 0.6) is 0 Å². The van der Waals surface area contributed by atoms with E-state index in [-0.39, 0.29) is 0 Å². The number of hydrogen-bond acceptors (Lipinski definition) is 3. The molecule has 0 amide bonds. The van der Waals surface area contributed by atoms with Gasteiger partial charge in [0, 0.05) is 38.5 Å². The van der Waals surface area contributed by atoms with Crippen molar-refractivity contribution < 1.29 is 8.83 Å². The molecule has 63 heavy (non-hydrogen) atoms. The van der Waals surface area contributed by atoms with E-state index in [0.29, 0.717) is 0 Å². The molecule has 12 aromatic rings. The van der Waals surface area contributed by atoms with Gasteiger partial charge in [0.15, 0.2) is 0 Å². The van der Waals surface area contributed by atoms with Crippen LogP contribution in [0.15, 0.2) is 245 Å². The van der Waals surface area contributed by atoms with Crippen molar-refractivity contribution in [2.75, 3.05) is 4.90 Å². The molecule has 0 spiro atoms. The van der Waals surface area contributed by atoms with Crippen LogP contribution in [0.4, 0.5) is 17.1 Å². The van der Waals surface area contributed by atoms with Crippen molar-refractivity contribution in [2.24, 2.45) is 0 Å². The van der Waals surface area contributed by atoms with Crippen LogP contribution >= 0.6 is 0 Å². The fraction of sp³-hybridized carbons (Fsp3) is 0. The van der Waals surface area contributed by atoms with E-state index in [2.05, 4.69) is 217 Å². The highest BCUT2D eigenvalue weighted by molar-refractivity contribution is 6.13. The van der Waals surface area contributed by atoms with Crippen molar-refractivity contribution in [3.05, 3.63) is 237 Å². The highest BCUT2D eigenvalue weighted by atomic mass is 16.3. The summed E-state index contributed by atoms with van der Waals surface area (Å²) in [5, 5.41) is 4.50. The molecule has 2 aromatic heterocycles. The van der Waals surface area contributed by atoms with Crippen molar-refractivity contribution >= 4 is 60.9 Å². The zero-order chi connectivity index (χ0) is 41.7. The number of rotatable bonds is 8. The van der Waals surface area contributed by atoms with Gasteiger partial charge in [-0.1, -0.05) is 182 Å². The Hall–Kier alpha value is -8.40. The number of fused-ring (bicyclic) bond motifs is 6. The first-order valence-electron chi connectivity index (χ1n) is 21.4. The van der Waals surface area contributed by atoms with Gasteiger partial charge < -0.3 is 13.7 Å². The Labute approximate surface area is 365 Å². The predicted octanol–water partition coefficient (Wildman–Crippen LogP) is 17.3. The lowest BCUT2D eigenvalue weighted by Gasteiger charge is -2.29. The second kappa shape index (κ2) is 15.3. The topological polar surface area (TPSA) is 29.5 Å². The van der Waals surface area contributed by atoms with Gasteiger partial charge in [0.1, 0.15) is 22.3 Å². The monoisotopic (exact) mass is 805 g/mol. The summed E-state index contributed by atoms with van der Waals surface area (Å²) in [6, 6.07) is 84.2. The zero-order valence-corrected chi connectivity index (χ0v) is 34.3. The van der Waals surface area contributed by atoms with Gasteiger partial charge in [0.2, 0.25) is 0 Å². The molecular weight excluding hydrogens is 767 g/mol. The summed E-state index contributed by atoms with van der Waals surface area (Å²) in [4.78, 5) is 2.39. The standard InChI is InChI=1S/C60H39NO2/c1-2-16-40(17-3-1)45-18-4-5-19-48(45)49-20-6-7-21-50(49)51-22-8-11-27-54(51)61(43-36-32-41(33-37-43)46-25-14-30-57-59(46)52-23-9-12-28-55(52)62-57)44-38-34-42(35-39-44)47-26-15-31-58-60(47)53-24-10-13-29-56(53)63-58/h1-39H. The van der Waals surface area contributed by atoms with Crippen LogP contribution in [0.2, 0.25) is 0 Å². The average molecular weight is 806 g/mol. The molecule has 12 rings (SSSR count). The minimum Gasteiger partial charge on any atom is -0.456 e. The molecule has 2 heterocycles. The summed E-state index contributed by atoms with van der Waals surface area (Å²) in [5.74, 6) is 0. The van der Waals surface area contributed by atoms with E-state index in [0.717, 1.165) is 94.3 Å². The number of nitrogens with zero attached hydrogens (tertiary/aromatic N) is 1. The molecule has 0 fully saturated rings. The Kier molecular flexibility index (Phi) is 8.83. The summed E-state index contributed by atoms with van der Waals surface area (Å²) >= 11 is 0. The molecule has 3 heteroatoms. The molecule has 0 aliphatic rings. The Morgan fingerprint density at radius 2 is 0.603 bits per heavy atom. The van der Waals surface area contributed by atoms with E-state index in [1.807, 2.05) is 24.3 Å². The molecule has 0 bridgehead atoms. The highest BCUT2D eigenvalue weighted by Crippen LogP contribution is 2.47. The van der Waals surface area contributed by atoms with E-state index >= 15 is 0 Å². The van der Waals surface area contributed by atoms with E-state index < -0.39 is 0 Å². The van der Waals surface area contributed by atoms with Crippen LogP contribution in [0.25, 0.3) is 99.5 Å². The lowest BCUT2D eigenvalue weighted by molar-refractivity contribution is 0.668. The summed E-state index contributed by atoms with van der Waals surface area (Å²) in [6.45, 7) is 0. The summed E-state index contributed by atoms with van der Waals surface area (Å²) < 4.78 is 12.6. The van der Waals surface area contributed by atoms with Crippen LogP contribution < -0.4 is 4.90 Å². The van der Waals surface area contributed by atoms with Gasteiger partial charge in [-0.25, -0.2) is 0 Å². The molecule has 0 saturated carbocycles. The fourth-order valence-electron chi connectivity index (χ4n) is 9.47. The lowest BCUT2D eigenvalue weighted by atomic mass is 9.88. The quantitative estimate of drug-likeness (QED) is 0.153. The minimum atomic E-state index is 0.889. The molecule has 0 radical (unpaired) electrons. The van der Waals surface area contributed by atoms with Crippen molar-refractivity contribution in [3.8, 4) is 55.6 Å². The third-order valence-corrected chi connectivity index (χ3v) is 12.3. The smallest absolute Gasteiger partial charge is 0.136 e. The number of furan rings is 2. The third kappa shape index (κ3) is 6.29. The third-order valence-electron chi connectivity index (χ3n) is 12.3. The average Bonchev–Trinajstić information content (AvgIpc) is 3.94. The maximum Gasteiger partial charge on any atom is 0.136 e. The Bertz CT molecular complexity index is 3460. The van der Waals surface area contributed by atoms with Crippen LogP contribution in [0, 0.1) is 0 Å². The Balaban J connectivity index is 1.02. The number of anilines is 3. The largest absolute Gasteiger partial charge is 0.456 e. The molecule has 3 nitrogen and oxygen atoms in total. The highest BCUT2D eigenvalue weighted by Gasteiger charge is 2.21. The van der Waals surface area contributed by atoms with Gasteiger partial charge in [-0.2, -0.15) is 0 Å². The molecular formula is C60H39NO2. The maximum atomic E-state index is 6.29. The van der Waals surface area contributed by atoms with E-state index in [1.54, 1.807) is 0 Å². The predicted molar refractivity (Wildman–Crippen MR) is 263 cm³/mol. The second-order valence-electron chi connectivity index (χ2n) is 16.0. The molecule has 10 aromatic carbocycles. The summed E-state index contributed by atoms with van der Waals surface area (Å²) in [5.41, 5.74) is 18.3. The van der Waals surface area contributed by atoms with Gasteiger partial charge in [-0.05, 0) is 105 Å². The molecule has 296 valence electrons. The molecule has 0 unspecified atom stereocenters. The second-order valence-corrected chi connectivity index (χ2v) is 16.0. The van der Waals surface area contributed by atoms with Gasteiger partial charge in [-0.3, -0.25) is 0 Å². The number of para-hydroxylation sites is 3. The van der Waals surface area contributed by atoms with E-state index in [9.17, 15) is 0 Å². The molecule has 0 N–H and O–H groups in total. The van der Waals surface area contributed by atoms with Crippen molar-refractivity contribution in [2.45, 2.75) is 0 Å². The molecule has 0 atom stereocenters. The van der Waals surface area contributed by atoms with Gasteiger partial charge in [-0.15, -0.1) is 0 Å². The number of benzene rings is 10. The number of hydrogen-bond donors (Lipinski definition) is 0. The van der Waals surface area contributed by atoms with E-state index in [4.69, 9.17) is 8.83 Å². The van der Waals surface area contributed by atoms with Crippen molar-refractivity contribution in [1.82, 2.24) is 0 Å². The van der Waals surface area contributed by atoms with Crippen LogP contribution in [0.3, 0.4) is 0 Å².